The predicted octanol–water partition coefficient (Wildman–Crippen LogP) is 4.46. The number of aromatic nitrogens is 4. The third kappa shape index (κ3) is 3.47. The molecule has 5 rings (SSSR count). The number of likely N-dealkylation sites (tertiary alicyclic amines) is 1. The van der Waals surface area contributed by atoms with Crippen LogP contribution in [0, 0.1) is 0 Å². The van der Waals surface area contributed by atoms with Gasteiger partial charge in [-0.2, -0.15) is 9.61 Å². The highest BCUT2D eigenvalue weighted by Crippen LogP contribution is 2.28. The van der Waals surface area contributed by atoms with E-state index in [-0.39, 0.29) is 6.10 Å². The molecule has 2 aromatic heterocycles. The zero-order chi connectivity index (χ0) is 18.9. The lowest BCUT2D eigenvalue weighted by Gasteiger charge is -2.25. The third-order valence-electron chi connectivity index (χ3n) is 5.27. The van der Waals surface area contributed by atoms with Crippen LogP contribution in [0.25, 0.3) is 15.7 Å². The number of rotatable bonds is 5. The third-order valence-corrected chi connectivity index (χ3v) is 6.33. The molecule has 3 heterocycles. The second kappa shape index (κ2) is 7.48. The fourth-order valence-electron chi connectivity index (χ4n) is 3.75. The maximum atomic E-state index is 6.17. The van der Waals surface area contributed by atoms with Crippen LogP contribution in [-0.2, 0) is 6.54 Å². The molecule has 7 heteroatoms. The summed E-state index contributed by atoms with van der Waals surface area (Å²) in [6.45, 7) is 5.11. The first-order valence-corrected chi connectivity index (χ1v) is 10.7. The largest absolute Gasteiger partial charge is 0.483 e. The average Bonchev–Trinajstić information content (AvgIpc) is 3.31. The molecule has 1 fully saturated rings. The molecule has 0 amide bonds. The van der Waals surface area contributed by atoms with Crippen molar-refractivity contribution in [1.82, 2.24) is 24.7 Å². The van der Waals surface area contributed by atoms with Crippen LogP contribution in [0.4, 0.5) is 0 Å². The van der Waals surface area contributed by atoms with Crippen LogP contribution in [-0.4, -0.2) is 37.8 Å². The van der Waals surface area contributed by atoms with Crippen LogP contribution in [0.5, 0.6) is 5.75 Å². The number of hydrogen-bond donors (Lipinski definition) is 0. The Kier molecular flexibility index (Phi) is 4.70. The van der Waals surface area contributed by atoms with E-state index in [0.29, 0.717) is 0 Å². The number of nitrogens with zero attached hydrogens (tertiary/aromatic N) is 5. The van der Waals surface area contributed by atoms with E-state index in [2.05, 4.69) is 39.4 Å². The molecule has 0 saturated carbocycles. The maximum absolute atomic E-state index is 6.17. The molecule has 1 aliphatic heterocycles. The first kappa shape index (κ1) is 17.6. The Morgan fingerprint density at radius 3 is 2.71 bits per heavy atom. The lowest BCUT2D eigenvalue weighted by molar-refractivity contribution is 0.213. The Labute approximate surface area is 167 Å². The molecule has 28 heavy (non-hydrogen) atoms. The summed E-state index contributed by atoms with van der Waals surface area (Å²) in [5.41, 5.74) is 0. The van der Waals surface area contributed by atoms with Crippen LogP contribution < -0.4 is 4.74 Å². The first-order valence-electron chi connectivity index (χ1n) is 9.85. The maximum Gasteiger partial charge on any atom is 0.234 e. The Hall–Kier alpha value is -2.51. The molecule has 144 valence electrons. The van der Waals surface area contributed by atoms with Crippen molar-refractivity contribution in [2.24, 2.45) is 0 Å². The summed E-state index contributed by atoms with van der Waals surface area (Å²) in [7, 11) is 0. The van der Waals surface area contributed by atoms with E-state index in [4.69, 9.17) is 9.84 Å². The molecule has 4 aromatic rings. The molecule has 0 spiro atoms. The zero-order valence-corrected chi connectivity index (χ0v) is 16.7. The summed E-state index contributed by atoms with van der Waals surface area (Å²) in [6, 6.07) is 14.5. The SMILES string of the molecule is C[C@@H](Oc1ccc2ccccc2c1)c1nn2c(CN3CCCCC3)nnc2s1. The van der Waals surface area contributed by atoms with Gasteiger partial charge in [0.25, 0.3) is 0 Å². The van der Waals surface area contributed by atoms with Crippen molar-refractivity contribution >= 4 is 27.1 Å². The highest BCUT2D eigenvalue weighted by atomic mass is 32.1. The minimum absolute atomic E-state index is 0.143. The van der Waals surface area contributed by atoms with Gasteiger partial charge in [0.15, 0.2) is 10.8 Å². The van der Waals surface area contributed by atoms with Gasteiger partial charge in [-0.15, -0.1) is 10.2 Å². The van der Waals surface area contributed by atoms with Gasteiger partial charge >= 0.3 is 0 Å². The van der Waals surface area contributed by atoms with Crippen LogP contribution in [0.1, 0.15) is 43.1 Å². The molecule has 0 radical (unpaired) electrons. The lowest BCUT2D eigenvalue weighted by atomic mass is 10.1. The highest BCUT2D eigenvalue weighted by molar-refractivity contribution is 7.16. The van der Waals surface area contributed by atoms with E-state index in [1.165, 1.54) is 30.0 Å². The van der Waals surface area contributed by atoms with Gasteiger partial charge in [-0.1, -0.05) is 48.1 Å². The molecular weight excluding hydrogens is 370 g/mol. The number of piperidine rings is 1. The van der Waals surface area contributed by atoms with E-state index in [0.717, 1.165) is 41.2 Å². The monoisotopic (exact) mass is 393 g/mol. The Morgan fingerprint density at radius 2 is 1.86 bits per heavy atom. The number of hydrogen-bond acceptors (Lipinski definition) is 6. The Morgan fingerprint density at radius 1 is 1.04 bits per heavy atom. The molecule has 6 nitrogen and oxygen atoms in total. The predicted molar refractivity (Wildman–Crippen MR) is 111 cm³/mol. The normalized spacial score (nSPS) is 16.6. The Bertz CT molecular complexity index is 1100. The topological polar surface area (TPSA) is 55.6 Å². The van der Waals surface area contributed by atoms with Gasteiger partial charge in [0.05, 0.1) is 6.54 Å². The van der Waals surface area contributed by atoms with Gasteiger partial charge in [-0.05, 0) is 55.8 Å². The van der Waals surface area contributed by atoms with Gasteiger partial charge in [0.1, 0.15) is 11.9 Å². The molecule has 1 atom stereocenters. The van der Waals surface area contributed by atoms with Crippen molar-refractivity contribution in [3.63, 3.8) is 0 Å². The Balaban J connectivity index is 1.34. The summed E-state index contributed by atoms with van der Waals surface area (Å²) in [6.07, 6.45) is 3.72. The fourth-order valence-corrected chi connectivity index (χ4v) is 4.59. The van der Waals surface area contributed by atoms with Crippen molar-refractivity contribution in [2.75, 3.05) is 13.1 Å². The standard InChI is InChI=1S/C21H23N5OS/c1-15(27-18-10-9-16-7-3-4-8-17(16)13-18)20-24-26-19(22-23-21(26)28-20)14-25-11-5-2-6-12-25/h3-4,7-10,13,15H,2,5-6,11-12,14H2,1H3/t15-/m1/s1. The van der Waals surface area contributed by atoms with Gasteiger partial charge in [-0.3, -0.25) is 4.90 Å². The quantitative estimate of drug-likeness (QED) is 0.501. The second-order valence-electron chi connectivity index (χ2n) is 7.36. The van der Waals surface area contributed by atoms with Gasteiger partial charge < -0.3 is 4.74 Å². The first-order chi connectivity index (χ1) is 13.8. The van der Waals surface area contributed by atoms with Crippen molar-refractivity contribution in [3.8, 4) is 5.75 Å². The van der Waals surface area contributed by atoms with Gasteiger partial charge in [-0.25, -0.2) is 0 Å². The van der Waals surface area contributed by atoms with E-state index in [1.54, 1.807) is 11.3 Å². The molecule has 1 aliphatic rings. The van der Waals surface area contributed by atoms with Crippen molar-refractivity contribution in [2.45, 2.75) is 38.8 Å². The minimum Gasteiger partial charge on any atom is -0.483 e. The average molecular weight is 394 g/mol. The number of ether oxygens (including phenoxy) is 1. The summed E-state index contributed by atoms with van der Waals surface area (Å²) < 4.78 is 8.06. The van der Waals surface area contributed by atoms with E-state index >= 15 is 0 Å². The van der Waals surface area contributed by atoms with Crippen LogP contribution in [0.3, 0.4) is 0 Å². The number of benzene rings is 2. The molecule has 0 N–H and O–H groups in total. The van der Waals surface area contributed by atoms with Crippen LogP contribution in [0.2, 0.25) is 0 Å². The summed E-state index contributed by atoms with van der Waals surface area (Å²) in [5, 5.41) is 16.7. The van der Waals surface area contributed by atoms with Crippen molar-refractivity contribution in [1.29, 1.82) is 0 Å². The molecule has 0 unspecified atom stereocenters. The molecule has 1 saturated heterocycles. The highest BCUT2D eigenvalue weighted by Gasteiger charge is 2.19. The summed E-state index contributed by atoms with van der Waals surface area (Å²) >= 11 is 1.55. The second-order valence-corrected chi connectivity index (χ2v) is 8.34. The minimum atomic E-state index is -0.143. The van der Waals surface area contributed by atoms with E-state index in [9.17, 15) is 0 Å². The summed E-state index contributed by atoms with van der Waals surface area (Å²) in [5.74, 6) is 1.77. The molecule has 2 aromatic carbocycles. The molecule has 0 aliphatic carbocycles. The van der Waals surface area contributed by atoms with Gasteiger partial charge in [0.2, 0.25) is 4.96 Å². The molecular formula is C21H23N5OS. The smallest absolute Gasteiger partial charge is 0.234 e. The van der Waals surface area contributed by atoms with E-state index in [1.807, 2.05) is 29.6 Å². The zero-order valence-electron chi connectivity index (χ0n) is 15.9. The lowest BCUT2D eigenvalue weighted by Crippen LogP contribution is -2.30. The van der Waals surface area contributed by atoms with E-state index < -0.39 is 0 Å². The van der Waals surface area contributed by atoms with Crippen molar-refractivity contribution in [3.05, 3.63) is 53.3 Å². The summed E-state index contributed by atoms with van der Waals surface area (Å²) in [4.78, 5) is 3.27. The molecule has 0 bridgehead atoms. The van der Waals surface area contributed by atoms with Crippen LogP contribution in [0.15, 0.2) is 42.5 Å². The van der Waals surface area contributed by atoms with Crippen LogP contribution >= 0.6 is 11.3 Å². The number of fused-ring (bicyclic) bond motifs is 2. The fraction of sp³-hybridized carbons (Fsp3) is 0.381. The van der Waals surface area contributed by atoms with Crippen molar-refractivity contribution < 1.29 is 4.74 Å². The van der Waals surface area contributed by atoms with Gasteiger partial charge in [0, 0.05) is 0 Å².